The molecule has 2 aromatic carbocycles. The van der Waals surface area contributed by atoms with Crippen LogP contribution in [-0.2, 0) is 0 Å². The molecule has 4 nitrogen and oxygen atoms in total. The Balaban J connectivity index is 1.42. The van der Waals surface area contributed by atoms with Crippen LogP contribution in [0.15, 0.2) is 51.2 Å². The van der Waals surface area contributed by atoms with Crippen LogP contribution in [0, 0.1) is 6.92 Å². The van der Waals surface area contributed by atoms with Crippen LogP contribution in [-0.4, -0.2) is 41.7 Å². The number of carbonyl (C=O) groups is 1. The van der Waals surface area contributed by atoms with Gasteiger partial charge in [0, 0.05) is 51.8 Å². The van der Waals surface area contributed by atoms with Crippen LogP contribution < -0.4 is 5.32 Å². The van der Waals surface area contributed by atoms with Crippen LogP contribution in [0.3, 0.4) is 0 Å². The third kappa shape index (κ3) is 5.10. The lowest BCUT2D eigenvalue weighted by molar-refractivity contribution is 0.0925. The van der Waals surface area contributed by atoms with Crippen LogP contribution >= 0.6 is 11.8 Å². The quantitative estimate of drug-likeness (QED) is 0.521. The molecule has 0 radical (unpaired) electrons. The molecule has 1 amide bonds. The Morgan fingerprint density at radius 3 is 2.62 bits per heavy atom. The standard InChI is InChI=1S/C27H35N3OS/c1-5-23-22-16-18(2)10-12-25(22)32-26-13-11-21(17-24(26)29-23)27(31)28-14-7-15-30-19(3)8-6-9-20(30)4/h10-13,16-17,19-20H,5-9,14-15H2,1-4H3,(H,28,31). The molecule has 0 aromatic heterocycles. The molecule has 32 heavy (non-hydrogen) atoms. The molecule has 2 atom stereocenters. The molecule has 4 rings (SSSR count). The van der Waals surface area contributed by atoms with Gasteiger partial charge in [-0.15, -0.1) is 0 Å². The minimum Gasteiger partial charge on any atom is -0.352 e. The number of likely N-dealkylation sites (tertiary alicyclic amines) is 1. The lowest BCUT2D eigenvalue weighted by Crippen LogP contribution is -2.44. The normalized spacial score (nSPS) is 20.7. The largest absolute Gasteiger partial charge is 0.352 e. The van der Waals surface area contributed by atoms with E-state index in [-0.39, 0.29) is 5.91 Å². The van der Waals surface area contributed by atoms with Crippen molar-refractivity contribution in [1.29, 1.82) is 0 Å². The Hall–Kier alpha value is -2.11. The summed E-state index contributed by atoms with van der Waals surface area (Å²) in [5, 5.41) is 3.12. The Morgan fingerprint density at radius 2 is 1.88 bits per heavy atom. The number of hydrogen-bond acceptors (Lipinski definition) is 4. The zero-order valence-corrected chi connectivity index (χ0v) is 20.6. The number of amides is 1. The van der Waals surface area contributed by atoms with Gasteiger partial charge in [0.1, 0.15) is 0 Å². The number of aliphatic imine (C=N–C) groups is 1. The van der Waals surface area contributed by atoms with Crippen LogP contribution in [0.4, 0.5) is 5.69 Å². The van der Waals surface area contributed by atoms with Gasteiger partial charge < -0.3 is 5.32 Å². The second-order valence-corrected chi connectivity index (χ2v) is 10.3. The maximum absolute atomic E-state index is 12.8. The Morgan fingerprint density at radius 1 is 1.12 bits per heavy atom. The third-order valence-electron chi connectivity index (χ3n) is 6.73. The molecule has 2 unspecified atom stereocenters. The summed E-state index contributed by atoms with van der Waals surface area (Å²) in [7, 11) is 0. The maximum atomic E-state index is 12.8. The van der Waals surface area contributed by atoms with Gasteiger partial charge in [-0.1, -0.05) is 36.7 Å². The molecule has 2 heterocycles. The van der Waals surface area contributed by atoms with E-state index >= 15 is 0 Å². The van der Waals surface area contributed by atoms with E-state index < -0.39 is 0 Å². The lowest BCUT2D eigenvalue weighted by Gasteiger charge is -2.39. The number of piperidine rings is 1. The molecule has 0 saturated carbocycles. The van der Waals surface area contributed by atoms with E-state index in [0.717, 1.165) is 35.7 Å². The van der Waals surface area contributed by atoms with Crippen molar-refractivity contribution in [3.05, 3.63) is 53.1 Å². The van der Waals surface area contributed by atoms with Gasteiger partial charge in [0.25, 0.3) is 5.91 Å². The van der Waals surface area contributed by atoms with E-state index in [9.17, 15) is 4.79 Å². The summed E-state index contributed by atoms with van der Waals surface area (Å²) >= 11 is 1.74. The second-order valence-electron chi connectivity index (χ2n) is 9.17. The minimum atomic E-state index is -0.0107. The Kier molecular flexibility index (Phi) is 7.37. The van der Waals surface area contributed by atoms with Gasteiger partial charge in [-0.05, 0) is 76.8 Å². The van der Waals surface area contributed by atoms with Crippen molar-refractivity contribution in [2.45, 2.75) is 81.7 Å². The fourth-order valence-corrected chi connectivity index (χ4v) is 5.87. The topological polar surface area (TPSA) is 44.7 Å². The molecule has 5 heteroatoms. The molecule has 2 aliphatic rings. The van der Waals surface area contributed by atoms with Crippen LogP contribution in [0.1, 0.15) is 74.4 Å². The van der Waals surface area contributed by atoms with Crippen LogP contribution in [0.5, 0.6) is 0 Å². The lowest BCUT2D eigenvalue weighted by atomic mass is 9.97. The van der Waals surface area contributed by atoms with E-state index in [1.165, 1.54) is 35.3 Å². The molecular formula is C27H35N3OS. The SMILES string of the molecule is CCC1=Nc2cc(C(=O)NCCCN3C(C)CCCC3C)ccc2Sc2ccc(C)cc21. The number of carbonyl (C=O) groups excluding carboxylic acids is 1. The Labute approximate surface area is 196 Å². The smallest absolute Gasteiger partial charge is 0.251 e. The summed E-state index contributed by atoms with van der Waals surface area (Å²) in [6, 6.07) is 13.8. The zero-order chi connectivity index (χ0) is 22.7. The summed E-state index contributed by atoms with van der Waals surface area (Å²) in [5.41, 5.74) is 5.11. The first-order valence-electron chi connectivity index (χ1n) is 12.0. The van der Waals surface area contributed by atoms with Gasteiger partial charge in [0.15, 0.2) is 0 Å². The summed E-state index contributed by atoms with van der Waals surface area (Å²) in [6.45, 7) is 10.7. The predicted octanol–water partition coefficient (Wildman–Crippen LogP) is 6.37. The second kappa shape index (κ2) is 10.2. The number of hydrogen-bond donors (Lipinski definition) is 1. The first kappa shape index (κ1) is 23.1. The number of fused-ring (bicyclic) bond motifs is 2. The van der Waals surface area contributed by atoms with E-state index in [4.69, 9.17) is 4.99 Å². The summed E-state index contributed by atoms with van der Waals surface area (Å²) < 4.78 is 0. The molecule has 2 aliphatic heterocycles. The van der Waals surface area contributed by atoms with Crippen molar-refractivity contribution in [1.82, 2.24) is 10.2 Å². The highest BCUT2D eigenvalue weighted by atomic mass is 32.2. The average Bonchev–Trinajstić information content (AvgIpc) is 2.93. The third-order valence-corrected chi connectivity index (χ3v) is 7.87. The van der Waals surface area contributed by atoms with Gasteiger partial charge in [-0.3, -0.25) is 14.7 Å². The average molecular weight is 450 g/mol. The molecule has 1 fully saturated rings. The number of nitrogens with one attached hydrogen (secondary N) is 1. The van der Waals surface area contributed by atoms with E-state index in [1.54, 1.807) is 11.8 Å². The monoisotopic (exact) mass is 449 g/mol. The summed E-state index contributed by atoms with van der Waals surface area (Å²) in [6.07, 6.45) is 5.74. The van der Waals surface area contributed by atoms with Gasteiger partial charge in [-0.25, -0.2) is 0 Å². The number of rotatable bonds is 6. The molecule has 1 N–H and O–H groups in total. The van der Waals surface area contributed by atoms with Crippen molar-refractivity contribution in [3.8, 4) is 0 Å². The first-order chi connectivity index (χ1) is 15.5. The van der Waals surface area contributed by atoms with Crippen molar-refractivity contribution < 1.29 is 4.79 Å². The van der Waals surface area contributed by atoms with Gasteiger partial charge >= 0.3 is 0 Å². The molecule has 0 aliphatic carbocycles. The fraction of sp³-hybridized carbons (Fsp3) is 0.481. The van der Waals surface area contributed by atoms with Crippen LogP contribution in [0.25, 0.3) is 0 Å². The summed E-state index contributed by atoms with van der Waals surface area (Å²) in [5.74, 6) is -0.0107. The highest BCUT2D eigenvalue weighted by Gasteiger charge is 2.24. The highest BCUT2D eigenvalue weighted by molar-refractivity contribution is 7.99. The number of nitrogens with zero attached hydrogens (tertiary/aromatic N) is 2. The summed E-state index contributed by atoms with van der Waals surface area (Å²) in [4.78, 5) is 22.7. The zero-order valence-electron chi connectivity index (χ0n) is 19.8. The van der Waals surface area contributed by atoms with E-state index in [0.29, 0.717) is 24.2 Å². The molecule has 1 saturated heterocycles. The predicted molar refractivity (Wildman–Crippen MR) is 135 cm³/mol. The van der Waals surface area contributed by atoms with Crippen molar-refractivity contribution in [2.24, 2.45) is 4.99 Å². The number of benzene rings is 2. The van der Waals surface area contributed by atoms with E-state index in [2.05, 4.69) is 56.1 Å². The van der Waals surface area contributed by atoms with Gasteiger partial charge in [0.2, 0.25) is 0 Å². The molecule has 2 aromatic rings. The minimum absolute atomic E-state index is 0.0107. The molecule has 0 spiro atoms. The molecule has 170 valence electrons. The van der Waals surface area contributed by atoms with Crippen molar-refractivity contribution >= 4 is 29.1 Å². The van der Waals surface area contributed by atoms with Crippen molar-refractivity contribution in [3.63, 3.8) is 0 Å². The number of aryl methyl sites for hydroxylation is 1. The van der Waals surface area contributed by atoms with Crippen molar-refractivity contribution in [2.75, 3.05) is 13.1 Å². The van der Waals surface area contributed by atoms with Gasteiger partial charge in [-0.2, -0.15) is 0 Å². The maximum Gasteiger partial charge on any atom is 0.251 e. The highest BCUT2D eigenvalue weighted by Crippen LogP contribution is 2.41. The Bertz CT molecular complexity index is 1010. The first-order valence-corrected chi connectivity index (χ1v) is 12.8. The molecule has 0 bridgehead atoms. The van der Waals surface area contributed by atoms with E-state index in [1.807, 2.05) is 18.2 Å². The fourth-order valence-electron chi connectivity index (χ4n) is 4.87. The molecular weight excluding hydrogens is 414 g/mol. The van der Waals surface area contributed by atoms with Gasteiger partial charge in [0.05, 0.1) is 5.69 Å². The van der Waals surface area contributed by atoms with Crippen LogP contribution in [0.2, 0.25) is 0 Å².